The number of carboxylic acid groups (broad SMARTS) is 1. The van der Waals surface area contributed by atoms with Crippen molar-refractivity contribution in [3.63, 3.8) is 0 Å². The average molecular weight is 272 g/mol. The molecule has 1 amide bonds. The Balaban J connectivity index is 2.09. The Bertz CT molecular complexity index is 676. The number of hydrogen-bond acceptors (Lipinski definition) is 4. The van der Waals surface area contributed by atoms with Crippen LogP contribution >= 0.6 is 0 Å². The molecule has 0 atom stereocenters. The Hall–Kier alpha value is -2.96. The minimum atomic E-state index is -1.13. The Labute approximate surface area is 114 Å². The van der Waals surface area contributed by atoms with Crippen LogP contribution in [0.5, 0.6) is 0 Å². The third kappa shape index (κ3) is 3.29. The molecule has 0 fully saturated rings. The quantitative estimate of drug-likeness (QED) is 0.814. The summed E-state index contributed by atoms with van der Waals surface area (Å²) in [4.78, 5) is 26.5. The molecular weight excluding hydrogens is 260 g/mol. The fourth-order valence-corrected chi connectivity index (χ4v) is 1.55. The molecule has 20 heavy (non-hydrogen) atoms. The largest absolute Gasteiger partial charge is 0.478 e. The Morgan fingerprint density at radius 2 is 2.20 bits per heavy atom. The molecule has 0 aliphatic carbocycles. The number of rotatable bonds is 4. The summed E-state index contributed by atoms with van der Waals surface area (Å²) < 4.78 is 1.61. The molecule has 2 heterocycles. The van der Waals surface area contributed by atoms with Crippen molar-refractivity contribution in [2.75, 3.05) is 5.32 Å². The standard InChI is InChI=1S/C13H12N4O3/c1-17-8-9(6-15-17)2-3-12(18)16-11-7-14-5-4-10(11)13(19)20/h2-8H,1H3,(H,16,18)(H,19,20). The third-order valence-corrected chi connectivity index (χ3v) is 2.46. The van der Waals surface area contributed by atoms with Crippen molar-refractivity contribution >= 4 is 23.6 Å². The third-order valence-electron chi connectivity index (χ3n) is 2.46. The van der Waals surface area contributed by atoms with E-state index in [1.165, 1.54) is 24.5 Å². The maximum Gasteiger partial charge on any atom is 0.337 e. The van der Waals surface area contributed by atoms with Crippen molar-refractivity contribution < 1.29 is 14.7 Å². The predicted molar refractivity (Wildman–Crippen MR) is 72.1 cm³/mol. The fourth-order valence-electron chi connectivity index (χ4n) is 1.55. The van der Waals surface area contributed by atoms with E-state index in [2.05, 4.69) is 15.4 Å². The van der Waals surface area contributed by atoms with E-state index in [0.29, 0.717) is 0 Å². The van der Waals surface area contributed by atoms with Crippen LogP contribution in [0.15, 0.2) is 36.9 Å². The van der Waals surface area contributed by atoms with Crippen LogP contribution < -0.4 is 5.32 Å². The molecule has 2 N–H and O–H groups in total. The average Bonchev–Trinajstić information content (AvgIpc) is 2.83. The van der Waals surface area contributed by atoms with Gasteiger partial charge in [0.25, 0.3) is 0 Å². The Kier molecular flexibility index (Phi) is 3.90. The normalized spacial score (nSPS) is 10.7. The molecule has 0 saturated carbocycles. The summed E-state index contributed by atoms with van der Waals surface area (Å²) in [7, 11) is 1.77. The van der Waals surface area contributed by atoms with Gasteiger partial charge in [-0.1, -0.05) is 0 Å². The lowest BCUT2D eigenvalue weighted by Crippen LogP contribution is -2.12. The van der Waals surface area contributed by atoms with Crippen molar-refractivity contribution in [1.29, 1.82) is 0 Å². The molecule has 0 bridgehead atoms. The lowest BCUT2D eigenvalue weighted by molar-refractivity contribution is -0.111. The number of nitrogens with one attached hydrogen (secondary N) is 1. The van der Waals surface area contributed by atoms with E-state index >= 15 is 0 Å². The van der Waals surface area contributed by atoms with E-state index in [4.69, 9.17) is 5.11 Å². The topological polar surface area (TPSA) is 97.1 Å². The molecule has 0 saturated heterocycles. The van der Waals surface area contributed by atoms with Gasteiger partial charge >= 0.3 is 5.97 Å². The number of hydrogen-bond donors (Lipinski definition) is 2. The van der Waals surface area contributed by atoms with Gasteiger partial charge in [0.2, 0.25) is 5.91 Å². The van der Waals surface area contributed by atoms with Crippen molar-refractivity contribution in [2.24, 2.45) is 7.05 Å². The maximum absolute atomic E-state index is 11.7. The van der Waals surface area contributed by atoms with Gasteiger partial charge in [0.05, 0.1) is 23.6 Å². The second-order valence-corrected chi connectivity index (χ2v) is 4.00. The minimum Gasteiger partial charge on any atom is -0.478 e. The van der Waals surface area contributed by atoms with Crippen LogP contribution in [0.3, 0.4) is 0 Å². The van der Waals surface area contributed by atoms with Gasteiger partial charge in [0, 0.05) is 31.1 Å². The maximum atomic E-state index is 11.7. The highest BCUT2D eigenvalue weighted by atomic mass is 16.4. The van der Waals surface area contributed by atoms with E-state index in [0.717, 1.165) is 5.56 Å². The van der Waals surface area contributed by atoms with E-state index in [9.17, 15) is 9.59 Å². The second-order valence-electron chi connectivity index (χ2n) is 4.00. The van der Waals surface area contributed by atoms with Crippen LogP contribution in [-0.2, 0) is 11.8 Å². The molecular formula is C13H12N4O3. The summed E-state index contributed by atoms with van der Waals surface area (Å²) in [5, 5.41) is 15.4. The highest BCUT2D eigenvalue weighted by molar-refractivity contribution is 6.05. The number of carbonyl (C=O) groups is 2. The Morgan fingerprint density at radius 1 is 1.40 bits per heavy atom. The van der Waals surface area contributed by atoms with Crippen LogP contribution in [0, 0.1) is 0 Å². The van der Waals surface area contributed by atoms with Crippen LogP contribution in [0.1, 0.15) is 15.9 Å². The zero-order valence-corrected chi connectivity index (χ0v) is 10.6. The molecule has 7 heteroatoms. The number of anilines is 1. The molecule has 2 aromatic rings. The minimum absolute atomic E-state index is 0.0110. The zero-order chi connectivity index (χ0) is 14.5. The van der Waals surface area contributed by atoms with E-state index < -0.39 is 11.9 Å². The Morgan fingerprint density at radius 3 is 2.85 bits per heavy atom. The first-order chi connectivity index (χ1) is 9.56. The number of pyridine rings is 1. The van der Waals surface area contributed by atoms with Crippen molar-refractivity contribution in [3.8, 4) is 0 Å². The van der Waals surface area contributed by atoms with Crippen molar-refractivity contribution in [1.82, 2.24) is 14.8 Å². The van der Waals surface area contributed by atoms with Gasteiger partial charge in [-0.15, -0.1) is 0 Å². The van der Waals surface area contributed by atoms with Gasteiger partial charge in [-0.25, -0.2) is 4.79 Å². The lowest BCUT2D eigenvalue weighted by Gasteiger charge is -2.04. The monoisotopic (exact) mass is 272 g/mol. The first-order valence-electron chi connectivity index (χ1n) is 5.71. The van der Waals surface area contributed by atoms with E-state index in [1.54, 1.807) is 30.2 Å². The van der Waals surface area contributed by atoms with Crippen molar-refractivity contribution in [2.45, 2.75) is 0 Å². The molecule has 0 aliphatic heterocycles. The van der Waals surface area contributed by atoms with Crippen LogP contribution in [0.2, 0.25) is 0 Å². The number of nitrogens with zero attached hydrogens (tertiary/aromatic N) is 3. The highest BCUT2D eigenvalue weighted by Crippen LogP contribution is 2.13. The van der Waals surface area contributed by atoms with Gasteiger partial charge in [0.1, 0.15) is 0 Å². The molecule has 2 rings (SSSR count). The molecule has 0 aliphatic rings. The molecule has 0 radical (unpaired) electrons. The number of aromatic carboxylic acids is 1. The summed E-state index contributed by atoms with van der Waals surface area (Å²) in [6, 6.07) is 1.32. The summed E-state index contributed by atoms with van der Waals surface area (Å²) >= 11 is 0. The number of carboxylic acids is 1. The lowest BCUT2D eigenvalue weighted by atomic mass is 10.2. The van der Waals surface area contributed by atoms with Gasteiger partial charge in [-0.3, -0.25) is 14.5 Å². The van der Waals surface area contributed by atoms with Gasteiger partial charge in [-0.05, 0) is 12.1 Å². The summed E-state index contributed by atoms with van der Waals surface area (Å²) in [6.07, 6.45) is 8.88. The second kappa shape index (κ2) is 5.79. The SMILES string of the molecule is Cn1cc(C=CC(=O)Nc2cnccc2C(=O)O)cn1. The smallest absolute Gasteiger partial charge is 0.337 e. The summed E-state index contributed by atoms with van der Waals surface area (Å²) in [6.45, 7) is 0. The van der Waals surface area contributed by atoms with Gasteiger partial charge < -0.3 is 10.4 Å². The molecule has 102 valence electrons. The van der Waals surface area contributed by atoms with Crippen molar-refractivity contribution in [3.05, 3.63) is 48.1 Å². The van der Waals surface area contributed by atoms with Crippen LogP contribution in [0.25, 0.3) is 6.08 Å². The number of carbonyl (C=O) groups excluding carboxylic acids is 1. The molecule has 0 spiro atoms. The predicted octanol–water partition coefficient (Wildman–Crippen LogP) is 1.17. The number of aromatic nitrogens is 3. The zero-order valence-electron chi connectivity index (χ0n) is 10.6. The first kappa shape index (κ1) is 13.5. The highest BCUT2D eigenvalue weighted by Gasteiger charge is 2.10. The first-order valence-corrected chi connectivity index (χ1v) is 5.71. The molecule has 7 nitrogen and oxygen atoms in total. The fraction of sp³-hybridized carbons (Fsp3) is 0.0769. The van der Waals surface area contributed by atoms with Crippen LogP contribution in [0.4, 0.5) is 5.69 Å². The molecule has 0 aromatic carbocycles. The van der Waals surface area contributed by atoms with E-state index in [1.807, 2.05) is 0 Å². The summed E-state index contributed by atoms with van der Waals surface area (Å²) in [5.74, 6) is -1.57. The molecule has 2 aromatic heterocycles. The van der Waals surface area contributed by atoms with Crippen LogP contribution in [-0.4, -0.2) is 31.7 Å². The summed E-state index contributed by atoms with van der Waals surface area (Å²) in [5.41, 5.74) is 0.913. The van der Waals surface area contributed by atoms with Gasteiger partial charge in [0.15, 0.2) is 0 Å². The molecule has 0 unspecified atom stereocenters. The van der Waals surface area contributed by atoms with Gasteiger partial charge in [-0.2, -0.15) is 5.10 Å². The van der Waals surface area contributed by atoms with E-state index in [-0.39, 0.29) is 11.3 Å². The number of amides is 1. The number of aryl methyl sites for hydroxylation is 1.